The van der Waals surface area contributed by atoms with Crippen molar-refractivity contribution in [3.8, 4) is 0 Å². The second-order valence-corrected chi connectivity index (χ2v) is 2.07. The van der Waals surface area contributed by atoms with Crippen molar-refractivity contribution in [2.24, 2.45) is 5.73 Å². The van der Waals surface area contributed by atoms with Gasteiger partial charge in [0.2, 0.25) is 0 Å². The lowest BCUT2D eigenvalue weighted by Gasteiger charge is -2.00. The minimum absolute atomic E-state index is 0.0671. The molecule has 0 aliphatic heterocycles. The van der Waals surface area contributed by atoms with E-state index in [1.165, 1.54) is 12.1 Å². The number of hydrogen-bond acceptors (Lipinski definition) is 2. The molecule has 0 unspecified atom stereocenters. The molecule has 0 spiro atoms. The van der Waals surface area contributed by atoms with E-state index in [4.69, 9.17) is 11.5 Å². The molecular formula is C7H7FN2O. The Bertz CT molecular complexity index is 278. The number of rotatable bonds is 1. The van der Waals surface area contributed by atoms with Gasteiger partial charge in [-0.3, -0.25) is 4.79 Å². The Kier molecular flexibility index (Phi) is 1.76. The number of nitrogen functional groups attached to an aromatic ring is 1. The van der Waals surface area contributed by atoms with Crippen LogP contribution < -0.4 is 11.5 Å². The summed E-state index contributed by atoms with van der Waals surface area (Å²) in [5, 5.41) is 0. The van der Waals surface area contributed by atoms with Gasteiger partial charge in [0.1, 0.15) is 5.82 Å². The molecule has 0 radical (unpaired) electrons. The second kappa shape index (κ2) is 2.57. The van der Waals surface area contributed by atoms with E-state index in [9.17, 15) is 9.18 Å². The van der Waals surface area contributed by atoms with Crippen molar-refractivity contribution in [2.45, 2.75) is 0 Å². The smallest absolute Gasteiger partial charge is 0.253 e. The van der Waals surface area contributed by atoms with E-state index in [1.54, 1.807) is 0 Å². The number of carbonyl (C=O) groups is 1. The highest BCUT2D eigenvalue weighted by atomic mass is 19.1. The molecular weight excluding hydrogens is 147 g/mol. The number of primary amides is 1. The van der Waals surface area contributed by atoms with Crippen LogP contribution in [-0.2, 0) is 0 Å². The third-order valence-electron chi connectivity index (χ3n) is 1.29. The number of hydrogen-bond donors (Lipinski definition) is 2. The normalized spacial score (nSPS) is 9.55. The maximum Gasteiger partial charge on any atom is 0.253 e. The Hall–Kier alpha value is -1.58. The summed E-state index contributed by atoms with van der Waals surface area (Å²) in [7, 11) is 0. The monoisotopic (exact) mass is 154 g/mol. The molecule has 11 heavy (non-hydrogen) atoms. The number of amides is 1. The van der Waals surface area contributed by atoms with Crippen LogP contribution in [0.15, 0.2) is 18.2 Å². The summed E-state index contributed by atoms with van der Waals surface area (Å²) in [5.74, 6) is -1.53. The highest BCUT2D eigenvalue weighted by molar-refractivity contribution is 5.98. The van der Waals surface area contributed by atoms with Crippen LogP contribution >= 0.6 is 0 Å². The minimum Gasteiger partial charge on any atom is -0.398 e. The minimum atomic E-state index is -0.847. The van der Waals surface area contributed by atoms with Crippen LogP contribution in [0.5, 0.6) is 0 Å². The quantitative estimate of drug-likeness (QED) is 0.578. The zero-order valence-electron chi connectivity index (χ0n) is 5.67. The molecule has 1 aromatic rings. The van der Waals surface area contributed by atoms with Gasteiger partial charge in [0.15, 0.2) is 0 Å². The number of carbonyl (C=O) groups excluding carboxylic acids is 1. The summed E-state index contributed by atoms with van der Waals surface area (Å²) in [6.07, 6.45) is 0. The fraction of sp³-hybridized carbons (Fsp3) is 0. The molecule has 58 valence electrons. The predicted octanol–water partition coefficient (Wildman–Crippen LogP) is 0.507. The molecule has 4 N–H and O–H groups in total. The van der Waals surface area contributed by atoms with Gasteiger partial charge >= 0.3 is 0 Å². The number of anilines is 1. The van der Waals surface area contributed by atoms with Crippen LogP contribution in [0.2, 0.25) is 0 Å². The van der Waals surface area contributed by atoms with Crippen LogP contribution in [0.25, 0.3) is 0 Å². The molecule has 0 saturated heterocycles. The second-order valence-electron chi connectivity index (χ2n) is 2.07. The van der Waals surface area contributed by atoms with Gasteiger partial charge in [-0.05, 0) is 12.1 Å². The fourth-order valence-corrected chi connectivity index (χ4v) is 0.801. The highest BCUT2D eigenvalue weighted by Gasteiger charge is 2.10. The van der Waals surface area contributed by atoms with Gasteiger partial charge in [-0.15, -0.1) is 0 Å². The lowest BCUT2D eigenvalue weighted by atomic mass is 10.1. The first-order valence-electron chi connectivity index (χ1n) is 2.96. The summed E-state index contributed by atoms with van der Waals surface area (Å²) in [4.78, 5) is 10.5. The standard InChI is InChI=1S/C7H7FN2O/c8-4-2-1-3-5(9)6(4)7(10)11/h1-3H,9H2,(H2,10,11). The molecule has 0 bridgehead atoms. The van der Waals surface area contributed by atoms with Gasteiger partial charge < -0.3 is 11.5 Å². The number of halogens is 1. The average Bonchev–Trinajstić information content (AvgIpc) is 1.85. The third kappa shape index (κ3) is 1.29. The Balaban J connectivity index is 3.32. The van der Waals surface area contributed by atoms with E-state index in [0.717, 1.165) is 6.07 Å². The average molecular weight is 154 g/mol. The summed E-state index contributed by atoms with van der Waals surface area (Å²) < 4.78 is 12.7. The largest absolute Gasteiger partial charge is 0.398 e. The van der Waals surface area contributed by atoms with Gasteiger partial charge in [0.25, 0.3) is 5.91 Å². The number of nitrogens with two attached hydrogens (primary N) is 2. The molecule has 0 atom stereocenters. The van der Waals surface area contributed by atoms with Crippen molar-refractivity contribution in [3.63, 3.8) is 0 Å². The van der Waals surface area contributed by atoms with Gasteiger partial charge in [-0.2, -0.15) is 0 Å². The Morgan fingerprint density at radius 2 is 2.09 bits per heavy atom. The summed E-state index contributed by atoms with van der Waals surface area (Å²) >= 11 is 0. The predicted molar refractivity (Wildman–Crippen MR) is 39.3 cm³/mol. The lowest BCUT2D eigenvalue weighted by Crippen LogP contribution is -2.15. The molecule has 0 heterocycles. The van der Waals surface area contributed by atoms with Crippen molar-refractivity contribution >= 4 is 11.6 Å². The van der Waals surface area contributed by atoms with Gasteiger partial charge in [-0.25, -0.2) is 4.39 Å². The molecule has 1 aromatic carbocycles. The van der Waals surface area contributed by atoms with Crippen LogP contribution in [0, 0.1) is 5.82 Å². The molecule has 0 aliphatic carbocycles. The van der Waals surface area contributed by atoms with Gasteiger partial charge in [0.05, 0.1) is 5.56 Å². The van der Waals surface area contributed by atoms with Crippen molar-refractivity contribution < 1.29 is 9.18 Å². The summed E-state index contributed by atoms with van der Waals surface area (Å²) in [6.45, 7) is 0. The Labute approximate surface area is 62.8 Å². The van der Waals surface area contributed by atoms with E-state index < -0.39 is 11.7 Å². The van der Waals surface area contributed by atoms with E-state index in [-0.39, 0.29) is 11.3 Å². The van der Waals surface area contributed by atoms with Crippen molar-refractivity contribution in [3.05, 3.63) is 29.6 Å². The molecule has 0 aromatic heterocycles. The molecule has 0 saturated carbocycles. The highest BCUT2D eigenvalue weighted by Crippen LogP contribution is 2.13. The molecule has 1 rings (SSSR count). The zero-order chi connectivity index (χ0) is 8.43. The molecule has 4 heteroatoms. The van der Waals surface area contributed by atoms with Crippen molar-refractivity contribution in [1.29, 1.82) is 0 Å². The maximum absolute atomic E-state index is 12.7. The topological polar surface area (TPSA) is 69.1 Å². The van der Waals surface area contributed by atoms with E-state index >= 15 is 0 Å². The first-order chi connectivity index (χ1) is 5.13. The van der Waals surface area contributed by atoms with E-state index in [0.29, 0.717) is 0 Å². The van der Waals surface area contributed by atoms with E-state index in [2.05, 4.69) is 0 Å². The zero-order valence-corrected chi connectivity index (χ0v) is 5.67. The Morgan fingerprint density at radius 3 is 2.45 bits per heavy atom. The Morgan fingerprint density at radius 1 is 1.45 bits per heavy atom. The molecule has 1 amide bonds. The van der Waals surface area contributed by atoms with Crippen LogP contribution in [-0.4, -0.2) is 5.91 Å². The van der Waals surface area contributed by atoms with Gasteiger partial charge in [0, 0.05) is 5.69 Å². The number of benzene rings is 1. The molecule has 0 aliphatic rings. The first kappa shape index (κ1) is 7.53. The van der Waals surface area contributed by atoms with Crippen LogP contribution in [0.1, 0.15) is 10.4 Å². The van der Waals surface area contributed by atoms with Crippen LogP contribution in [0.3, 0.4) is 0 Å². The van der Waals surface area contributed by atoms with Gasteiger partial charge in [-0.1, -0.05) is 6.07 Å². The summed E-state index contributed by atoms with van der Waals surface area (Å²) in [5.41, 5.74) is 9.96. The van der Waals surface area contributed by atoms with Crippen molar-refractivity contribution in [1.82, 2.24) is 0 Å². The summed E-state index contributed by atoms with van der Waals surface area (Å²) in [6, 6.07) is 3.97. The maximum atomic E-state index is 12.7. The molecule has 0 fully saturated rings. The first-order valence-corrected chi connectivity index (χ1v) is 2.96. The van der Waals surface area contributed by atoms with Crippen LogP contribution in [0.4, 0.5) is 10.1 Å². The fourth-order valence-electron chi connectivity index (χ4n) is 0.801. The van der Waals surface area contributed by atoms with Crippen molar-refractivity contribution in [2.75, 3.05) is 5.73 Å². The SMILES string of the molecule is NC(=O)c1c(N)cccc1F. The molecule has 3 nitrogen and oxygen atoms in total. The lowest BCUT2D eigenvalue weighted by molar-refractivity contribution is 0.0997. The third-order valence-corrected chi connectivity index (χ3v) is 1.29. The van der Waals surface area contributed by atoms with E-state index in [1.807, 2.05) is 0 Å².